The van der Waals surface area contributed by atoms with Crippen LogP contribution in [0.1, 0.15) is 57.5 Å². The van der Waals surface area contributed by atoms with Crippen molar-refractivity contribution in [2.45, 2.75) is 50.9 Å². The fraction of sp³-hybridized carbons (Fsp3) is 0.353. The molecule has 3 heterocycles. The molecule has 2 aliphatic rings. The van der Waals surface area contributed by atoms with Crippen molar-refractivity contribution in [3.8, 4) is 11.1 Å². The minimum atomic E-state index is -4.66. The van der Waals surface area contributed by atoms with Gasteiger partial charge in [-0.05, 0) is 73.6 Å². The van der Waals surface area contributed by atoms with Gasteiger partial charge >= 0.3 is 6.18 Å². The lowest BCUT2D eigenvalue weighted by Gasteiger charge is -2.27. The summed E-state index contributed by atoms with van der Waals surface area (Å²) in [6.45, 7) is 1.32. The zero-order valence-electron chi connectivity index (χ0n) is 25.3. The number of aromatic nitrogens is 3. The molecular weight excluding hydrogens is 621 g/mol. The van der Waals surface area contributed by atoms with Gasteiger partial charge in [0.15, 0.2) is 5.69 Å². The second kappa shape index (κ2) is 13.6. The van der Waals surface area contributed by atoms with Crippen molar-refractivity contribution in [2.75, 3.05) is 26.3 Å². The van der Waals surface area contributed by atoms with Gasteiger partial charge in [0.25, 0.3) is 5.91 Å². The van der Waals surface area contributed by atoms with E-state index in [0.29, 0.717) is 73.6 Å². The van der Waals surface area contributed by atoms with Crippen LogP contribution in [0.3, 0.4) is 0 Å². The van der Waals surface area contributed by atoms with E-state index in [4.69, 9.17) is 4.74 Å². The quantitative estimate of drug-likeness (QED) is 0.247. The first-order valence-corrected chi connectivity index (χ1v) is 15.4. The van der Waals surface area contributed by atoms with Crippen LogP contribution in [-0.4, -0.2) is 57.8 Å². The van der Waals surface area contributed by atoms with Crippen LogP contribution < -0.4 is 5.32 Å². The number of carbonyl (C=O) groups is 2. The predicted molar refractivity (Wildman–Crippen MR) is 161 cm³/mol. The molecule has 0 bridgehead atoms. The number of pyridine rings is 1. The number of amides is 2. The molecule has 2 aromatic heterocycles. The average Bonchev–Trinajstić information content (AvgIpc) is 3.43. The molecule has 1 aliphatic heterocycles. The van der Waals surface area contributed by atoms with Gasteiger partial charge in [0.1, 0.15) is 18.2 Å². The summed E-state index contributed by atoms with van der Waals surface area (Å²) in [7, 11) is 0. The first kappa shape index (κ1) is 32.3. The number of carbonyl (C=O) groups excluding carboxylic acids is 2. The smallest absolute Gasteiger partial charge is 0.378 e. The average molecular weight is 654 g/mol. The normalized spacial score (nSPS) is 15.6. The number of halogens is 5. The summed E-state index contributed by atoms with van der Waals surface area (Å²) < 4.78 is 76.2. The van der Waals surface area contributed by atoms with Crippen LogP contribution in [0.15, 0.2) is 60.8 Å². The van der Waals surface area contributed by atoms with Gasteiger partial charge in [-0.3, -0.25) is 19.3 Å². The number of hydrogen-bond acceptors (Lipinski definition) is 5. The van der Waals surface area contributed by atoms with E-state index < -0.39 is 42.0 Å². The molecule has 1 fully saturated rings. The van der Waals surface area contributed by atoms with Crippen LogP contribution in [0.5, 0.6) is 0 Å². The van der Waals surface area contributed by atoms with Crippen molar-refractivity contribution in [2.24, 2.45) is 0 Å². The van der Waals surface area contributed by atoms with Crippen molar-refractivity contribution in [1.29, 1.82) is 0 Å². The molecule has 2 aromatic carbocycles. The summed E-state index contributed by atoms with van der Waals surface area (Å²) in [6, 6.07) is 12.4. The van der Waals surface area contributed by atoms with Crippen molar-refractivity contribution in [3.05, 3.63) is 106 Å². The standard InChI is InChI=1S/C34H32F5N5O3/c35-24-15-21(16-25(36)19-24)17-28(41-30(45)20-44-29-9-2-1-7-27(29)32(42-44)34(37,38)39)31-26(8-4-10-40-31)22-5-3-6-23(18-22)33(46)43-11-13-47-14-12-43/h3-6,8,10,15-16,18-19,28H,1-2,7,9,11-14,17,20H2,(H,41,45). The van der Waals surface area contributed by atoms with Crippen molar-refractivity contribution >= 4 is 11.8 Å². The third-order valence-corrected chi connectivity index (χ3v) is 8.40. The van der Waals surface area contributed by atoms with E-state index in [1.807, 2.05) is 0 Å². The molecule has 1 aliphatic carbocycles. The molecule has 1 atom stereocenters. The molecule has 1 N–H and O–H groups in total. The van der Waals surface area contributed by atoms with Crippen LogP contribution in [0, 0.1) is 11.6 Å². The maximum atomic E-state index is 14.2. The number of morpholine rings is 1. The number of hydrogen-bond donors (Lipinski definition) is 1. The molecule has 13 heteroatoms. The number of nitrogens with zero attached hydrogens (tertiary/aromatic N) is 4. The van der Waals surface area contributed by atoms with E-state index in [1.54, 1.807) is 41.3 Å². The second-order valence-corrected chi connectivity index (χ2v) is 11.7. The largest absolute Gasteiger partial charge is 0.435 e. The van der Waals surface area contributed by atoms with Gasteiger partial charge in [0, 0.05) is 47.7 Å². The SMILES string of the molecule is O=C(Cn1nc(C(F)(F)F)c2c1CCCC2)NC(Cc1cc(F)cc(F)c1)c1ncccc1-c1cccc(C(=O)N2CCOCC2)c1. The van der Waals surface area contributed by atoms with Crippen LogP contribution in [0.25, 0.3) is 11.1 Å². The van der Waals surface area contributed by atoms with E-state index in [9.17, 15) is 31.5 Å². The van der Waals surface area contributed by atoms with Crippen molar-refractivity contribution in [1.82, 2.24) is 25.0 Å². The Morgan fingerprint density at radius 1 is 0.957 bits per heavy atom. The molecule has 0 radical (unpaired) electrons. The van der Waals surface area contributed by atoms with Gasteiger partial charge < -0.3 is 15.0 Å². The zero-order valence-corrected chi connectivity index (χ0v) is 25.3. The molecule has 4 aromatic rings. The molecule has 8 nitrogen and oxygen atoms in total. The highest BCUT2D eigenvalue weighted by Gasteiger charge is 2.39. The molecule has 0 spiro atoms. The summed E-state index contributed by atoms with van der Waals surface area (Å²) in [4.78, 5) is 33.0. The number of ether oxygens (including phenoxy) is 1. The monoisotopic (exact) mass is 653 g/mol. The number of benzene rings is 2. The van der Waals surface area contributed by atoms with Crippen LogP contribution in [0.4, 0.5) is 22.0 Å². The van der Waals surface area contributed by atoms with Gasteiger partial charge in [-0.1, -0.05) is 18.2 Å². The number of rotatable bonds is 8. The maximum absolute atomic E-state index is 14.2. The first-order chi connectivity index (χ1) is 22.6. The summed E-state index contributed by atoms with van der Waals surface area (Å²) in [5.41, 5.74) is 1.71. The van der Waals surface area contributed by atoms with Crippen LogP contribution in [0.2, 0.25) is 0 Å². The highest BCUT2D eigenvalue weighted by Crippen LogP contribution is 2.36. The molecule has 2 amide bonds. The van der Waals surface area contributed by atoms with E-state index in [1.165, 1.54) is 6.20 Å². The lowest BCUT2D eigenvalue weighted by atomic mass is 9.94. The highest BCUT2D eigenvalue weighted by atomic mass is 19.4. The molecular formula is C34H32F5N5O3. The Bertz CT molecular complexity index is 1760. The van der Waals surface area contributed by atoms with E-state index in [2.05, 4.69) is 15.4 Å². The van der Waals surface area contributed by atoms with Gasteiger partial charge in [-0.2, -0.15) is 18.3 Å². The second-order valence-electron chi connectivity index (χ2n) is 11.7. The number of fused-ring (bicyclic) bond motifs is 1. The lowest BCUT2D eigenvalue weighted by Crippen LogP contribution is -2.40. The summed E-state index contributed by atoms with van der Waals surface area (Å²) >= 11 is 0. The van der Waals surface area contributed by atoms with Crippen LogP contribution in [-0.2, 0) is 41.5 Å². The Labute approximate surface area is 267 Å². The first-order valence-electron chi connectivity index (χ1n) is 15.4. The molecule has 0 saturated carbocycles. The number of nitrogens with one attached hydrogen (secondary N) is 1. The fourth-order valence-electron chi connectivity index (χ4n) is 6.29. The molecule has 246 valence electrons. The highest BCUT2D eigenvalue weighted by molar-refractivity contribution is 5.95. The van der Waals surface area contributed by atoms with Crippen LogP contribution >= 0.6 is 0 Å². The van der Waals surface area contributed by atoms with Crippen molar-refractivity contribution < 1.29 is 36.3 Å². The topological polar surface area (TPSA) is 89.3 Å². The predicted octanol–water partition coefficient (Wildman–Crippen LogP) is 5.69. The van der Waals surface area contributed by atoms with Gasteiger partial charge in [-0.25, -0.2) is 8.78 Å². The van der Waals surface area contributed by atoms with Crippen molar-refractivity contribution in [3.63, 3.8) is 0 Å². The summed E-state index contributed by atoms with van der Waals surface area (Å²) in [5.74, 6) is -2.42. The Morgan fingerprint density at radius 2 is 1.70 bits per heavy atom. The lowest BCUT2D eigenvalue weighted by molar-refractivity contribution is -0.142. The Balaban J connectivity index is 1.33. The molecule has 47 heavy (non-hydrogen) atoms. The van der Waals surface area contributed by atoms with E-state index in [0.717, 1.165) is 22.9 Å². The molecule has 1 saturated heterocycles. The van der Waals surface area contributed by atoms with E-state index in [-0.39, 0.29) is 29.9 Å². The fourth-order valence-corrected chi connectivity index (χ4v) is 6.29. The summed E-state index contributed by atoms with van der Waals surface area (Å²) in [5, 5.41) is 6.64. The summed E-state index contributed by atoms with van der Waals surface area (Å²) in [6.07, 6.45) is -1.37. The minimum Gasteiger partial charge on any atom is -0.378 e. The Morgan fingerprint density at radius 3 is 2.45 bits per heavy atom. The Kier molecular flexibility index (Phi) is 9.35. The zero-order chi connectivity index (χ0) is 33.1. The minimum absolute atomic E-state index is 0.0815. The van der Waals surface area contributed by atoms with Gasteiger partial charge in [-0.15, -0.1) is 0 Å². The molecule has 6 rings (SSSR count). The maximum Gasteiger partial charge on any atom is 0.435 e. The van der Waals surface area contributed by atoms with Gasteiger partial charge in [0.05, 0.1) is 24.9 Å². The van der Waals surface area contributed by atoms with Gasteiger partial charge in [0.2, 0.25) is 5.91 Å². The third kappa shape index (κ3) is 7.35. The molecule has 1 unspecified atom stereocenters. The third-order valence-electron chi connectivity index (χ3n) is 8.40. The Hall–Kier alpha value is -4.65. The van der Waals surface area contributed by atoms with E-state index >= 15 is 0 Å². The number of alkyl halides is 3.